The summed E-state index contributed by atoms with van der Waals surface area (Å²) in [4.78, 5) is 0. The fourth-order valence-corrected chi connectivity index (χ4v) is 3.18. The zero-order valence-electron chi connectivity index (χ0n) is 14.0. The Morgan fingerprint density at radius 1 is 0.913 bits per heavy atom. The normalized spacial score (nSPS) is 12.8. The predicted molar refractivity (Wildman–Crippen MR) is 102 cm³/mol. The van der Waals surface area contributed by atoms with Crippen molar-refractivity contribution in [2.24, 2.45) is 0 Å². The Balaban J connectivity index is 1.66. The van der Waals surface area contributed by atoms with Crippen LogP contribution in [0.5, 0.6) is 0 Å². The van der Waals surface area contributed by atoms with E-state index < -0.39 is 0 Å². The van der Waals surface area contributed by atoms with Crippen LogP contribution in [-0.2, 0) is 0 Å². The maximum Gasteiger partial charge on any atom is -0.0149 e. The van der Waals surface area contributed by atoms with Crippen LogP contribution in [0.4, 0.5) is 0 Å². The van der Waals surface area contributed by atoms with E-state index in [9.17, 15) is 0 Å². The molecule has 3 aromatic rings. The highest BCUT2D eigenvalue weighted by Crippen LogP contribution is 2.28. The molecule has 0 N–H and O–H groups in total. The van der Waals surface area contributed by atoms with Gasteiger partial charge >= 0.3 is 0 Å². The van der Waals surface area contributed by atoms with Crippen LogP contribution >= 0.6 is 0 Å². The molecule has 3 rings (SSSR count). The van der Waals surface area contributed by atoms with Crippen LogP contribution in [0.25, 0.3) is 16.8 Å². The molecular formula is C23H24. The van der Waals surface area contributed by atoms with Crippen LogP contribution in [0.1, 0.15) is 42.4 Å². The van der Waals surface area contributed by atoms with Crippen LogP contribution in [0, 0.1) is 6.92 Å². The minimum absolute atomic E-state index is 0.572. The number of rotatable bonds is 5. The molecule has 1 unspecified atom stereocenters. The third kappa shape index (κ3) is 3.90. The van der Waals surface area contributed by atoms with E-state index in [0.29, 0.717) is 5.92 Å². The van der Waals surface area contributed by atoms with Gasteiger partial charge in [-0.3, -0.25) is 0 Å². The lowest BCUT2D eigenvalue weighted by atomic mass is 9.91. The standard InChI is InChI=1S/C23H24/c1-18-9-7-12-20(17-18)11-4-3-10-19(2)22-16-8-14-21-13-5-6-15-23(21)22/h4-9,11-17,19H,3,10H2,1-2H3/b11-4+. The molecule has 0 radical (unpaired) electrons. The highest BCUT2D eigenvalue weighted by molar-refractivity contribution is 5.86. The number of hydrogen-bond acceptors (Lipinski definition) is 0. The molecule has 1 atom stereocenters. The summed E-state index contributed by atoms with van der Waals surface area (Å²) in [6, 6.07) is 24.0. The minimum Gasteiger partial charge on any atom is -0.0839 e. The van der Waals surface area contributed by atoms with Gasteiger partial charge in [-0.05, 0) is 47.6 Å². The molecule has 0 aliphatic carbocycles. The van der Waals surface area contributed by atoms with Crippen molar-refractivity contribution in [3.8, 4) is 0 Å². The first kappa shape index (κ1) is 15.6. The van der Waals surface area contributed by atoms with Gasteiger partial charge in [0, 0.05) is 0 Å². The van der Waals surface area contributed by atoms with Crippen molar-refractivity contribution < 1.29 is 0 Å². The predicted octanol–water partition coefficient (Wildman–Crippen LogP) is 6.75. The Labute approximate surface area is 139 Å². The first-order chi connectivity index (χ1) is 11.2. The highest BCUT2D eigenvalue weighted by Gasteiger charge is 2.08. The molecule has 0 aromatic heterocycles. The van der Waals surface area contributed by atoms with Gasteiger partial charge in [-0.15, -0.1) is 0 Å². The molecule has 0 heteroatoms. The van der Waals surface area contributed by atoms with E-state index in [2.05, 4.69) is 92.7 Å². The van der Waals surface area contributed by atoms with E-state index in [4.69, 9.17) is 0 Å². The van der Waals surface area contributed by atoms with Crippen LogP contribution in [0.15, 0.2) is 72.8 Å². The largest absolute Gasteiger partial charge is 0.0839 e. The lowest BCUT2D eigenvalue weighted by Crippen LogP contribution is -1.94. The van der Waals surface area contributed by atoms with Crippen molar-refractivity contribution in [3.63, 3.8) is 0 Å². The zero-order valence-corrected chi connectivity index (χ0v) is 14.0. The van der Waals surface area contributed by atoms with Gasteiger partial charge in [0.2, 0.25) is 0 Å². The molecular weight excluding hydrogens is 276 g/mol. The van der Waals surface area contributed by atoms with Crippen molar-refractivity contribution in [1.82, 2.24) is 0 Å². The Morgan fingerprint density at radius 2 is 1.70 bits per heavy atom. The Morgan fingerprint density at radius 3 is 2.57 bits per heavy atom. The summed E-state index contributed by atoms with van der Waals surface area (Å²) in [6.45, 7) is 4.47. The van der Waals surface area contributed by atoms with Gasteiger partial charge in [0.15, 0.2) is 0 Å². The fraction of sp³-hybridized carbons (Fsp3) is 0.217. The summed E-state index contributed by atoms with van der Waals surface area (Å²) in [5, 5.41) is 2.73. The third-order valence-corrected chi connectivity index (χ3v) is 4.47. The SMILES string of the molecule is Cc1cccc(/C=C/CCC(C)c2cccc3ccccc23)c1. The van der Waals surface area contributed by atoms with Crippen LogP contribution in [0.2, 0.25) is 0 Å². The quantitative estimate of drug-likeness (QED) is 0.489. The fourth-order valence-electron chi connectivity index (χ4n) is 3.18. The van der Waals surface area contributed by atoms with E-state index in [1.54, 1.807) is 0 Å². The highest BCUT2D eigenvalue weighted by atomic mass is 14.1. The second kappa shape index (κ2) is 7.28. The van der Waals surface area contributed by atoms with Crippen LogP contribution < -0.4 is 0 Å². The number of hydrogen-bond donors (Lipinski definition) is 0. The molecule has 0 spiro atoms. The average Bonchev–Trinajstić information content (AvgIpc) is 2.58. The van der Waals surface area contributed by atoms with Gasteiger partial charge in [-0.1, -0.05) is 91.4 Å². The van der Waals surface area contributed by atoms with Gasteiger partial charge in [-0.2, -0.15) is 0 Å². The molecule has 0 aliphatic rings. The second-order valence-corrected chi connectivity index (χ2v) is 6.36. The molecule has 0 heterocycles. The zero-order chi connectivity index (χ0) is 16.1. The van der Waals surface area contributed by atoms with E-state index in [1.165, 1.54) is 33.9 Å². The van der Waals surface area contributed by atoms with Gasteiger partial charge in [0.25, 0.3) is 0 Å². The van der Waals surface area contributed by atoms with Crippen molar-refractivity contribution in [3.05, 3.63) is 89.5 Å². The lowest BCUT2D eigenvalue weighted by molar-refractivity contribution is 0.696. The molecule has 0 saturated heterocycles. The first-order valence-electron chi connectivity index (χ1n) is 8.45. The number of fused-ring (bicyclic) bond motifs is 1. The minimum atomic E-state index is 0.572. The topological polar surface area (TPSA) is 0 Å². The molecule has 23 heavy (non-hydrogen) atoms. The van der Waals surface area contributed by atoms with Gasteiger partial charge in [0.1, 0.15) is 0 Å². The average molecular weight is 300 g/mol. The Bertz CT molecular complexity index is 806. The van der Waals surface area contributed by atoms with Crippen molar-refractivity contribution in [2.75, 3.05) is 0 Å². The molecule has 0 fully saturated rings. The van der Waals surface area contributed by atoms with E-state index >= 15 is 0 Å². The molecule has 3 aromatic carbocycles. The van der Waals surface area contributed by atoms with Crippen molar-refractivity contribution in [2.45, 2.75) is 32.6 Å². The van der Waals surface area contributed by atoms with E-state index in [-0.39, 0.29) is 0 Å². The maximum atomic E-state index is 2.34. The van der Waals surface area contributed by atoms with Crippen LogP contribution in [0.3, 0.4) is 0 Å². The summed E-state index contributed by atoms with van der Waals surface area (Å²) < 4.78 is 0. The summed E-state index contributed by atoms with van der Waals surface area (Å²) in [7, 11) is 0. The molecule has 0 aliphatic heterocycles. The third-order valence-electron chi connectivity index (χ3n) is 4.47. The lowest BCUT2D eigenvalue weighted by Gasteiger charge is -2.13. The maximum absolute atomic E-state index is 2.34. The molecule has 0 bridgehead atoms. The molecule has 0 saturated carbocycles. The Kier molecular flexibility index (Phi) is 4.92. The summed E-state index contributed by atoms with van der Waals surface area (Å²) in [5.41, 5.74) is 4.08. The number of benzene rings is 3. The Hall–Kier alpha value is -2.34. The van der Waals surface area contributed by atoms with Crippen molar-refractivity contribution >= 4 is 16.8 Å². The number of aryl methyl sites for hydroxylation is 1. The molecule has 0 amide bonds. The summed E-state index contributed by atoms with van der Waals surface area (Å²) in [5.74, 6) is 0.572. The molecule has 0 nitrogen and oxygen atoms in total. The van der Waals surface area contributed by atoms with Gasteiger partial charge in [-0.25, -0.2) is 0 Å². The van der Waals surface area contributed by atoms with Crippen molar-refractivity contribution in [1.29, 1.82) is 0 Å². The van der Waals surface area contributed by atoms with E-state index in [0.717, 1.165) is 6.42 Å². The summed E-state index contributed by atoms with van der Waals surface area (Å²) in [6.07, 6.45) is 6.83. The first-order valence-corrected chi connectivity index (χ1v) is 8.45. The van der Waals surface area contributed by atoms with Gasteiger partial charge < -0.3 is 0 Å². The molecule has 116 valence electrons. The smallest absolute Gasteiger partial charge is 0.0149 e. The van der Waals surface area contributed by atoms with Gasteiger partial charge in [0.05, 0.1) is 0 Å². The second-order valence-electron chi connectivity index (χ2n) is 6.36. The monoisotopic (exact) mass is 300 g/mol. The van der Waals surface area contributed by atoms with Crippen LogP contribution in [-0.4, -0.2) is 0 Å². The number of allylic oxidation sites excluding steroid dienone is 1. The summed E-state index contributed by atoms with van der Waals surface area (Å²) >= 11 is 0. The van der Waals surface area contributed by atoms with E-state index in [1.807, 2.05) is 0 Å².